The second-order valence-corrected chi connectivity index (χ2v) is 5.48. The fourth-order valence-electron chi connectivity index (χ4n) is 2.21. The van der Waals surface area contributed by atoms with Crippen molar-refractivity contribution in [2.24, 2.45) is 0 Å². The lowest BCUT2D eigenvalue weighted by Gasteiger charge is -2.21. The molecule has 1 saturated heterocycles. The molecule has 0 unspecified atom stereocenters. The molecule has 6 nitrogen and oxygen atoms in total. The molecule has 20 heavy (non-hydrogen) atoms. The highest BCUT2D eigenvalue weighted by atomic mass is 35.5. The molecule has 0 bridgehead atoms. The number of amides is 1. The van der Waals surface area contributed by atoms with Crippen LogP contribution >= 0.6 is 11.6 Å². The van der Waals surface area contributed by atoms with Crippen molar-refractivity contribution in [3.05, 3.63) is 22.7 Å². The van der Waals surface area contributed by atoms with Crippen molar-refractivity contribution in [2.75, 3.05) is 6.54 Å². The van der Waals surface area contributed by atoms with Crippen LogP contribution in [0.4, 0.5) is 0 Å². The molecule has 1 atom stereocenters. The predicted molar refractivity (Wildman–Crippen MR) is 72.8 cm³/mol. The molecule has 0 aliphatic carbocycles. The molecule has 1 amide bonds. The third kappa shape index (κ3) is 2.75. The van der Waals surface area contributed by atoms with Gasteiger partial charge in [-0.2, -0.15) is 0 Å². The second-order valence-electron chi connectivity index (χ2n) is 5.07. The van der Waals surface area contributed by atoms with E-state index in [2.05, 4.69) is 9.97 Å². The van der Waals surface area contributed by atoms with E-state index < -0.39 is 17.9 Å². The van der Waals surface area contributed by atoms with Crippen molar-refractivity contribution in [3.63, 3.8) is 0 Å². The Balaban J connectivity index is 2.33. The molecule has 2 heterocycles. The molecule has 0 spiro atoms. The molecule has 2 rings (SSSR count). The van der Waals surface area contributed by atoms with Crippen molar-refractivity contribution in [2.45, 2.75) is 38.6 Å². The number of rotatable bonds is 3. The van der Waals surface area contributed by atoms with Gasteiger partial charge in [0.05, 0.1) is 11.2 Å². The average molecular weight is 298 g/mol. The Labute approximate surface area is 121 Å². The van der Waals surface area contributed by atoms with E-state index in [-0.39, 0.29) is 16.6 Å². The summed E-state index contributed by atoms with van der Waals surface area (Å²) >= 11 is 5.98. The molecule has 0 saturated carbocycles. The van der Waals surface area contributed by atoms with Gasteiger partial charge in [-0.15, -0.1) is 0 Å². The molecule has 0 aromatic carbocycles. The van der Waals surface area contributed by atoms with Gasteiger partial charge in [-0.25, -0.2) is 14.8 Å². The first kappa shape index (κ1) is 14.7. The van der Waals surface area contributed by atoms with Crippen LogP contribution in [0.5, 0.6) is 0 Å². The zero-order valence-electron chi connectivity index (χ0n) is 11.3. The number of aromatic nitrogens is 2. The fraction of sp³-hybridized carbons (Fsp3) is 0.538. The van der Waals surface area contributed by atoms with Gasteiger partial charge in [0, 0.05) is 12.5 Å². The van der Waals surface area contributed by atoms with Crippen molar-refractivity contribution >= 4 is 23.5 Å². The summed E-state index contributed by atoms with van der Waals surface area (Å²) < 4.78 is 0. The van der Waals surface area contributed by atoms with E-state index in [1.54, 1.807) is 0 Å². The highest BCUT2D eigenvalue weighted by Gasteiger charge is 2.35. The number of carbonyl (C=O) groups is 2. The summed E-state index contributed by atoms with van der Waals surface area (Å²) in [5, 5.41) is 9.28. The molecule has 0 radical (unpaired) electrons. The maximum absolute atomic E-state index is 12.4. The van der Waals surface area contributed by atoms with Crippen molar-refractivity contribution < 1.29 is 14.7 Å². The number of carboxylic acids is 1. The van der Waals surface area contributed by atoms with Crippen LogP contribution in [0.3, 0.4) is 0 Å². The Morgan fingerprint density at radius 3 is 2.80 bits per heavy atom. The monoisotopic (exact) mass is 297 g/mol. The van der Waals surface area contributed by atoms with Gasteiger partial charge in [0.15, 0.2) is 5.69 Å². The fourth-order valence-corrected chi connectivity index (χ4v) is 2.38. The predicted octanol–water partition coefficient (Wildman–Crippen LogP) is 1.94. The van der Waals surface area contributed by atoms with E-state index in [9.17, 15) is 9.59 Å². The number of aliphatic carboxylic acids is 1. The molecule has 1 fully saturated rings. The zero-order chi connectivity index (χ0) is 14.9. The molecule has 1 aliphatic heterocycles. The highest BCUT2D eigenvalue weighted by Crippen LogP contribution is 2.23. The van der Waals surface area contributed by atoms with Gasteiger partial charge >= 0.3 is 5.97 Å². The Kier molecular flexibility index (Phi) is 4.23. The number of hydrogen-bond acceptors (Lipinski definition) is 4. The van der Waals surface area contributed by atoms with Gasteiger partial charge in [0.25, 0.3) is 5.91 Å². The minimum absolute atomic E-state index is 0.0627. The summed E-state index contributed by atoms with van der Waals surface area (Å²) in [5.41, 5.74) is 0.0820. The minimum Gasteiger partial charge on any atom is -0.480 e. The van der Waals surface area contributed by atoms with Gasteiger partial charge in [-0.1, -0.05) is 25.4 Å². The molecule has 7 heteroatoms. The lowest BCUT2D eigenvalue weighted by molar-refractivity contribution is -0.141. The molecule has 1 aromatic heterocycles. The number of nitrogens with zero attached hydrogens (tertiary/aromatic N) is 3. The first-order valence-corrected chi connectivity index (χ1v) is 6.85. The Hall–Kier alpha value is -1.69. The van der Waals surface area contributed by atoms with Crippen molar-refractivity contribution in [3.8, 4) is 0 Å². The maximum Gasteiger partial charge on any atom is 0.326 e. The van der Waals surface area contributed by atoms with Crippen LogP contribution in [0.25, 0.3) is 0 Å². The quantitative estimate of drug-likeness (QED) is 0.922. The third-order valence-electron chi connectivity index (χ3n) is 3.28. The van der Waals surface area contributed by atoms with E-state index in [1.165, 1.54) is 11.1 Å². The summed E-state index contributed by atoms with van der Waals surface area (Å²) in [6, 6.07) is -0.795. The zero-order valence-corrected chi connectivity index (χ0v) is 12.1. The van der Waals surface area contributed by atoms with E-state index >= 15 is 0 Å². The number of halogens is 1. The summed E-state index contributed by atoms with van der Waals surface area (Å²) in [7, 11) is 0. The SMILES string of the molecule is CC(C)c1ncc(Cl)c(C(=O)N2CCC[C@@H]2C(=O)O)n1. The van der Waals surface area contributed by atoms with Gasteiger partial charge in [-0.3, -0.25) is 4.79 Å². The molecule has 1 N–H and O–H groups in total. The molecule has 1 aromatic rings. The van der Waals surface area contributed by atoms with E-state index in [0.29, 0.717) is 25.2 Å². The number of hydrogen-bond donors (Lipinski definition) is 1. The summed E-state index contributed by atoms with van der Waals surface area (Å²) in [4.78, 5) is 33.2. The normalized spacial score (nSPS) is 18.6. The molecule has 108 valence electrons. The summed E-state index contributed by atoms with van der Waals surface area (Å²) in [6.45, 7) is 4.23. The standard InChI is InChI=1S/C13H16ClN3O3/c1-7(2)11-15-6-8(14)10(16-11)12(18)17-5-3-4-9(17)13(19)20/h6-7,9H,3-5H2,1-2H3,(H,19,20)/t9-/m1/s1. The van der Waals surface area contributed by atoms with Crippen LogP contribution in [0, 0.1) is 0 Å². The third-order valence-corrected chi connectivity index (χ3v) is 3.56. The minimum atomic E-state index is -0.995. The second kappa shape index (κ2) is 5.75. The van der Waals surface area contributed by atoms with Gasteiger partial charge in [0.1, 0.15) is 11.9 Å². The topological polar surface area (TPSA) is 83.4 Å². The smallest absolute Gasteiger partial charge is 0.326 e. The Morgan fingerprint density at radius 2 is 2.20 bits per heavy atom. The van der Waals surface area contributed by atoms with Crippen molar-refractivity contribution in [1.29, 1.82) is 0 Å². The molecule has 1 aliphatic rings. The lowest BCUT2D eigenvalue weighted by atomic mass is 10.2. The Morgan fingerprint density at radius 1 is 1.50 bits per heavy atom. The van der Waals surface area contributed by atoms with Crippen molar-refractivity contribution in [1.82, 2.24) is 14.9 Å². The largest absolute Gasteiger partial charge is 0.480 e. The maximum atomic E-state index is 12.4. The highest BCUT2D eigenvalue weighted by molar-refractivity contribution is 6.33. The van der Waals surface area contributed by atoms with Crippen LogP contribution in [0.1, 0.15) is 48.9 Å². The summed E-state index contributed by atoms with van der Waals surface area (Å²) in [6.07, 6.45) is 2.52. The first-order valence-electron chi connectivity index (χ1n) is 6.48. The van der Waals surface area contributed by atoms with Crippen LogP contribution < -0.4 is 0 Å². The van der Waals surface area contributed by atoms with Crippen LogP contribution in [-0.4, -0.2) is 44.4 Å². The van der Waals surface area contributed by atoms with Crippen LogP contribution in [0.2, 0.25) is 5.02 Å². The van der Waals surface area contributed by atoms with Gasteiger partial charge in [0.2, 0.25) is 0 Å². The average Bonchev–Trinajstić information content (AvgIpc) is 2.87. The van der Waals surface area contributed by atoms with E-state index in [4.69, 9.17) is 16.7 Å². The Bertz CT molecular complexity index is 548. The van der Waals surface area contributed by atoms with Crippen LogP contribution in [0.15, 0.2) is 6.20 Å². The lowest BCUT2D eigenvalue weighted by Crippen LogP contribution is -2.41. The first-order chi connectivity index (χ1) is 9.41. The van der Waals surface area contributed by atoms with Gasteiger partial charge in [-0.05, 0) is 12.8 Å². The number of likely N-dealkylation sites (tertiary alicyclic amines) is 1. The number of carboxylic acid groups (broad SMARTS) is 1. The van der Waals surface area contributed by atoms with E-state index in [1.807, 2.05) is 13.8 Å². The summed E-state index contributed by atoms with van der Waals surface area (Å²) in [5.74, 6) is -0.856. The molecular formula is C13H16ClN3O3. The van der Waals surface area contributed by atoms with E-state index in [0.717, 1.165) is 0 Å². The van der Waals surface area contributed by atoms with Crippen LogP contribution in [-0.2, 0) is 4.79 Å². The van der Waals surface area contributed by atoms with Gasteiger partial charge < -0.3 is 10.0 Å². The molecular weight excluding hydrogens is 282 g/mol. The number of carbonyl (C=O) groups excluding carboxylic acids is 1.